The molecule has 0 aromatic heterocycles. The van der Waals surface area contributed by atoms with Crippen molar-refractivity contribution in [3.05, 3.63) is 22.7 Å². The van der Waals surface area contributed by atoms with Crippen molar-refractivity contribution in [2.75, 3.05) is 0 Å². The summed E-state index contributed by atoms with van der Waals surface area (Å²) in [5.74, 6) is 12.1. The standard InChI is InChI=1S/C5H5.5CH3.Cu/c1-2-4-5-3-1;;;;;;/h1-3H,4H2;5*1H3;. The minimum atomic E-state index is -1.78. The van der Waals surface area contributed by atoms with Crippen LogP contribution in [0.5, 0.6) is 0 Å². The Morgan fingerprint density at radius 2 is 1.64 bits per heavy atom. The first-order chi connectivity index (χ1) is 4.59. The molecule has 1 heteroatoms. The van der Waals surface area contributed by atoms with Gasteiger partial charge >= 0.3 is 69.0 Å². The molecule has 0 nitrogen and oxygen atoms in total. The first kappa shape index (κ1) is 9.09. The van der Waals surface area contributed by atoms with Crippen molar-refractivity contribution in [2.24, 2.45) is 0 Å². The van der Waals surface area contributed by atoms with Gasteiger partial charge in [0, 0.05) is 0 Å². The topological polar surface area (TPSA) is 0 Å². The van der Waals surface area contributed by atoms with E-state index >= 15 is 0 Å². The molecule has 0 radical (unpaired) electrons. The van der Waals surface area contributed by atoms with E-state index < -0.39 is 10.7 Å². The Hall–Kier alpha value is -0.000519. The van der Waals surface area contributed by atoms with Gasteiger partial charge in [0.05, 0.1) is 0 Å². The van der Waals surface area contributed by atoms with Gasteiger partial charge in [0.25, 0.3) is 0 Å². The Morgan fingerprint density at radius 3 is 1.82 bits per heavy atom. The van der Waals surface area contributed by atoms with Crippen LogP contribution in [0.25, 0.3) is 0 Å². The Labute approximate surface area is 69.3 Å². The molecule has 0 heterocycles. The number of hydrogen-bond acceptors (Lipinski definition) is 0. The van der Waals surface area contributed by atoms with Gasteiger partial charge < -0.3 is 0 Å². The van der Waals surface area contributed by atoms with Gasteiger partial charge in [-0.3, -0.25) is 0 Å². The summed E-state index contributed by atoms with van der Waals surface area (Å²) in [7, 11) is -1.78. The van der Waals surface area contributed by atoms with Crippen molar-refractivity contribution >= 4 is 0 Å². The quantitative estimate of drug-likeness (QED) is 0.558. The summed E-state index contributed by atoms with van der Waals surface area (Å²) in [5, 5.41) is 0. The number of hydrogen-bond donors (Lipinski definition) is 0. The molecule has 11 heavy (non-hydrogen) atoms. The number of allylic oxidation sites excluding steroid dienone is 4. The van der Waals surface area contributed by atoms with Gasteiger partial charge in [0.2, 0.25) is 0 Å². The summed E-state index contributed by atoms with van der Waals surface area (Å²) in [4.78, 5) is 0. The molecule has 0 fully saturated rings. The van der Waals surface area contributed by atoms with Crippen molar-refractivity contribution in [2.45, 2.75) is 35.5 Å². The van der Waals surface area contributed by atoms with Gasteiger partial charge in [0.15, 0.2) is 0 Å². The van der Waals surface area contributed by atoms with E-state index in [0.717, 1.165) is 6.42 Å². The molecule has 0 atom stereocenters. The van der Waals surface area contributed by atoms with E-state index in [-0.39, 0.29) is 0 Å². The predicted octanol–water partition coefficient (Wildman–Crippen LogP) is 4.30. The third-order valence-corrected chi connectivity index (χ3v) is 5.04. The van der Waals surface area contributed by atoms with Crippen LogP contribution in [0.15, 0.2) is 22.7 Å². The van der Waals surface area contributed by atoms with Crippen LogP contribution in [-0.2, 0) is 10.7 Å². The van der Waals surface area contributed by atoms with Crippen molar-refractivity contribution in [1.82, 2.24) is 0 Å². The molecule has 71 valence electrons. The molecular weight excluding hydrogens is 184 g/mol. The normalized spacial score (nSPS) is 24.3. The van der Waals surface area contributed by atoms with E-state index in [9.17, 15) is 0 Å². The molecule has 0 aliphatic heterocycles. The molecule has 0 aromatic carbocycles. The van der Waals surface area contributed by atoms with Crippen LogP contribution in [0.2, 0.25) is 29.1 Å². The van der Waals surface area contributed by atoms with E-state index in [1.165, 1.54) is 0 Å². The van der Waals surface area contributed by atoms with Gasteiger partial charge in [-0.05, 0) is 0 Å². The molecule has 1 aliphatic rings. The molecule has 0 spiro atoms. The minimum absolute atomic E-state index is 1.16. The molecule has 0 saturated carbocycles. The average Bonchev–Trinajstić information content (AvgIpc) is 2.01. The van der Waals surface area contributed by atoms with Crippen molar-refractivity contribution < 1.29 is 10.7 Å². The Morgan fingerprint density at radius 1 is 1.09 bits per heavy atom. The van der Waals surface area contributed by atoms with Crippen LogP contribution in [0.1, 0.15) is 6.42 Å². The van der Waals surface area contributed by atoms with Gasteiger partial charge in [-0.1, -0.05) is 0 Å². The molecular formula is C10H20Cu. The molecule has 0 saturated heterocycles. The fourth-order valence-electron chi connectivity index (χ4n) is 0.964. The van der Waals surface area contributed by atoms with Crippen molar-refractivity contribution in [3.8, 4) is 0 Å². The van der Waals surface area contributed by atoms with Crippen molar-refractivity contribution in [1.29, 1.82) is 0 Å². The van der Waals surface area contributed by atoms with E-state index in [1.54, 1.807) is 4.47 Å². The zero-order chi connectivity index (χ0) is 8.81. The first-order valence-corrected chi connectivity index (χ1v) is 8.55. The predicted molar refractivity (Wildman–Crippen MR) is 51.2 cm³/mol. The maximum atomic E-state index is 2.41. The summed E-state index contributed by atoms with van der Waals surface area (Å²) < 4.78 is 1.63. The van der Waals surface area contributed by atoms with Crippen molar-refractivity contribution in [3.63, 3.8) is 0 Å². The van der Waals surface area contributed by atoms with Crippen LogP contribution in [0, 0.1) is 0 Å². The SMILES string of the molecule is [CH3][Cu]([CH3])([CH3])([CH3])([CH3])[C]1=CC=CC1. The van der Waals surface area contributed by atoms with E-state index in [1.807, 2.05) is 0 Å². The maximum absolute atomic E-state index is 2.41. The number of rotatable bonds is 1. The summed E-state index contributed by atoms with van der Waals surface area (Å²) in [6.45, 7) is 0. The van der Waals surface area contributed by atoms with Crippen LogP contribution in [0.4, 0.5) is 0 Å². The zero-order valence-electron chi connectivity index (χ0n) is 8.24. The van der Waals surface area contributed by atoms with Crippen LogP contribution in [-0.4, -0.2) is 0 Å². The second-order valence-corrected chi connectivity index (χ2v) is 17.3. The molecule has 1 rings (SSSR count). The Balaban J connectivity index is 3.11. The monoisotopic (exact) mass is 203 g/mol. The van der Waals surface area contributed by atoms with E-state index in [0.29, 0.717) is 0 Å². The Bertz CT molecular complexity index is 232. The zero-order valence-corrected chi connectivity index (χ0v) is 9.18. The fraction of sp³-hybridized carbons (Fsp3) is 0.600. The summed E-state index contributed by atoms with van der Waals surface area (Å²) in [6.07, 6.45) is 7.88. The molecule has 0 amide bonds. The first-order valence-electron chi connectivity index (χ1n) is 3.38. The van der Waals surface area contributed by atoms with Gasteiger partial charge in [-0.2, -0.15) is 0 Å². The fourth-order valence-corrected chi connectivity index (χ4v) is 2.91. The van der Waals surface area contributed by atoms with Crippen LogP contribution in [0.3, 0.4) is 0 Å². The third kappa shape index (κ3) is 2.21. The molecule has 0 unspecified atom stereocenters. The van der Waals surface area contributed by atoms with E-state index in [2.05, 4.69) is 47.3 Å². The molecule has 0 aromatic rings. The summed E-state index contributed by atoms with van der Waals surface area (Å²) in [6, 6.07) is 0. The molecule has 1 aliphatic carbocycles. The molecule has 0 bridgehead atoms. The Kier molecular flexibility index (Phi) is 1.38. The third-order valence-electron chi connectivity index (χ3n) is 1.67. The summed E-state index contributed by atoms with van der Waals surface area (Å²) in [5.41, 5.74) is 0. The average molecular weight is 204 g/mol. The van der Waals surface area contributed by atoms with Gasteiger partial charge in [-0.15, -0.1) is 0 Å². The van der Waals surface area contributed by atoms with Crippen LogP contribution >= 0.6 is 0 Å². The van der Waals surface area contributed by atoms with Crippen LogP contribution < -0.4 is 0 Å². The molecule has 0 N–H and O–H groups in total. The summed E-state index contributed by atoms with van der Waals surface area (Å²) >= 11 is 0. The second kappa shape index (κ2) is 1.67. The van der Waals surface area contributed by atoms with Gasteiger partial charge in [-0.25, -0.2) is 0 Å². The second-order valence-electron chi connectivity index (χ2n) is 4.97. The van der Waals surface area contributed by atoms with Gasteiger partial charge in [0.1, 0.15) is 0 Å². The van der Waals surface area contributed by atoms with E-state index in [4.69, 9.17) is 0 Å².